The third kappa shape index (κ3) is 6.13. The number of aromatic nitrogens is 3. The number of ether oxygens (including phenoxy) is 2. The van der Waals surface area contributed by atoms with E-state index in [-0.39, 0.29) is 33.5 Å². The number of hydrogen-bond donors (Lipinski definition) is 2. The molecule has 2 aromatic heterocycles. The maximum Gasteiger partial charge on any atom is 0.255 e. The second-order valence-electron chi connectivity index (χ2n) is 8.34. The van der Waals surface area contributed by atoms with Gasteiger partial charge in [-0.3, -0.25) is 4.79 Å². The summed E-state index contributed by atoms with van der Waals surface area (Å²) in [5.41, 5.74) is 1.05. The Balaban J connectivity index is 1.64. The Morgan fingerprint density at radius 2 is 1.87 bits per heavy atom. The number of sulfonamides is 1. The molecule has 12 nitrogen and oxygen atoms in total. The van der Waals surface area contributed by atoms with Crippen LogP contribution in [0.3, 0.4) is 0 Å². The standard InChI is InChI=1S/C24H28ClN7O5S/c1-4-37-22-19(13-16(14-26-22)23(33)32-9-11-36-12-10-32)29-24-27-15-17(25)21(30-24)28-18-7-5-6-8-20(18)38(34,35)31(2)3/h5-8,13-15H,4,9-12H2,1-3H3,(H2,27,28,29,30). The largest absolute Gasteiger partial charge is 0.476 e. The van der Waals surface area contributed by atoms with Crippen molar-refractivity contribution < 1.29 is 22.7 Å². The van der Waals surface area contributed by atoms with Crippen LogP contribution in [0.25, 0.3) is 0 Å². The molecule has 3 heterocycles. The summed E-state index contributed by atoms with van der Waals surface area (Å²) < 4.78 is 37.6. The molecule has 2 N–H and O–H groups in total. The van der Waals surface area contributed by atoms with Crippen molar-refractivity contribution in [2.45, 2.75) is 11.8 Å². The Hall–Kier alpha value is -3.52. The third-order valence-electron chi connectivity index (χ3n) is 5.57. The van der Waals surface area contributed by atoms with E-state index in [1.54, 1.807) is 29.2 Å². The van der Waals surface area contributed by atoms with Crippen LogP contribution in [0, 0.1) is 0 Å². The summed E-state index contributed by atoms with van der Waals surface area (Å²) >= 11 is 6.34. The molecule has 1 aromatic carbocycles. The van der Waals surface area contributed by atoms with Gasteiger partial charge in [0, 0.05) is 33.4 Å². The molecule has 1 amide bonds. The van der Waals surface area contributed by atoms with Crippen LogP contribution in [0.4, 0.5) is 23.1 Å². The molecule has 1 aliphatic rings. The number of nitrogens with one attached hydrogen (secondary N) is 2. The predicted octanol–water partition coefficient (Wildman–Crippen LogP) is 3.13. The fourth-order valence-corrected chi connectivity index (χ4v) is 4.79. The molecule has 0 bridgehead atoms. The van der Waals surface area contributed by atoms with Crippen molar-refractivity contribution >= 4 is 50.7 Å². The number of halogens is 1. The lowest BCUT2D eigenvalue weighted by molar-refractivity contribution is 0.0302. The first-order valence-corrected chi connectivity index (χ1v) is 13.6. The maximum atomic E-state index is 13.0. The lowest BCUT2D eigenvalue weighted by Crippen LogP contribution is -2.40. The van der Waals surface area contributed by atoms with Crippen molar-refractivity contribution in [1.82, 2.24) is 24.2 Å². The highest BCUT2D eigenvalue weighted by Gasteiger charge is 2.23. The van der Waals surface area contributed by atoms with E-state index >= 15 is 0 Å². The zero-order valence-corrected chi connectivity index (χ0v) is 22.7. The van der Waals surface area contributed by atoms with Gasteiger partial charge in [-0.15, -0.1) is 0 Å². The smallest absolute Gasteiger partial charge is 0.255 e. The van der Waals surface area contributed by atoms with Crippen LogP contribution in [0.2, 0.25) is 5.02 Å². The van der Waals surface area contributed by atoms with Gasteiger partial charge in [-0.2, -0.15) is 4.98 Å². The molecule has 0 spiro atoms. The molecule has 1 saturated heterocycles. The number of benzene rings is 1. The number of anilines is 4. The Morgan fingerprint density at radius 3 is 2.58 bits per heavy atom. The number of para-hydroxylation sites is 1. The number of carbonyl (C=O) groups excluding carboxylic acids is 1. The minimum Gasteiger partial charge on any atom is -0.476 e. The van der Waals surface area contributed by atoms with Crippen LogP contribution >= 0.6 is 11.6 Å². The van der Waals surface area contributed by atoms with Crippen molar-refractivity contribution in [3.63, 3.8) is 0 Å². The molecule has 1 fully saturated rings. The molecule has 14 heteroatoms. The average molecular weight is 562 g/mol. The van der Waals surface area contributed by atoms with E-state index < -0.39 is 10.0 Å². The van der Waals surface area contributed by atoms with Gasteiger partial charge in [0.25, 0.3) is 5.91 Å². The van der Waals surface area contributed by atoms with Gasteiger partial charge in [-0.25, -0.2) is 22.7 Å². The normalized spacial score (nSPS) is 13.9. The summed E-state index contributed by atoms with van der Waals surface area (Å²) in [5.74, 6) is 0.395. The second kappa shape index (κ2) is 11.9. The molecule has 0 saturated carbocycles. The lowest BCUT2D eigenvalue weighted by Gasteiger charge is -2.27. The monoisotopic (exact) mass is 561 g/mol. The number of morpholine rings is 1. The molecular weight excluding hydrogens is 534 g/mol. The van der Waals surface area contributed by atoms with E-state index in [0.717, 1.165) is 4.31 Å². The molecule has 0 radical (unpaired) electrons. The Bertz CT molecular complexity index is 1420. The van der Waals surface area contributed by atoms with E-state index in [1.807, 2.05) is 6.92 Å². The minimum atomic E-state index is -3.73. The molecule has 4 rings (SSSR count). The fraction of sp³-hybridized carbons (Fsp3) is 0.333. The summed E-state index contributed by atoms with van der Waals surface area (Å²) in [6.45, 7) is 4.12. The zero-order valence-electron chi connectivity index (χ0n) is 21.1. The summed E-state index contributed by atoms with van der Waals surface area (Å²) in [6, 6.07) is 8.05. The van der Waals surface area contributed by atoms with E-state index in [9.17, 15) is 13.2 Å². The lowest BCUT2D eigenvalue weighted by atomic mass is 10.2. The fourth-order valence-electron chi connectivity index (χ4n) is 3.61. The van der Waals surface area contributed by atoms with E-state index in [4.69, 9.17) is 21.1 Å². The molecule has 0 aliphatic carbocycles. The highest BCUT2D eigenvalue weighted by Crippen LogP contribution is 2.31. The summed E-state index contributed by atoms with van der Waals surface area (Å²) in [5, 5.41) is 6.21. The summed E-state index contributed by atoms with van der Waals surface area (Å²) in [4.78, 5) is 27.7. The Morgan fingerprint density at radius 1 is 1.13 bits per heavy atom. The third-order valence-corrected chi connectivity index (χ3v) is 7.72. The van der Waals surface area contributed by atoms with Crippen LogP contribution in [-0.2, 0) is 14.8 Å². The summed E-state index contributed by atoms with van der Waals surface area (Å²) in [7, 11) is -0.829. The molecule has 1 aliphatic heterocycles. The van der Waals surface area contributed by atoms with Crippen molar-refractivity contribution in [1.29, 1.82) is 0 Å². The van der Waals surface area contributed by atoms with Crippen molar-refractivity contribution in [3.05, 3.63) is 53.3 Å². The maximum absolute atomic E-state index is 13.0. The number of carbonyl (C=O) groups is 1. The van der Waals surface area contributed by atoms with Gasteiger partial charge in [0.2, 0.25) is 21.9 Å². The first kappa shape index (κ1) is 27.5. The van der Waals surface area contributed by atoms with Crippen LogP contribution in [0.1, 0.15) is 17.3 Å². The van der Waals surface area contributed by atoms with Gasteiger partial charge < -0.3 is 25.0 Å². The first-order valence-electron chi connectivity index (χ1n) is 11.8. The minimum absolute atomic E-state index is 0.0614. The number of pyridine rings is 1. The molecule has 3 aromatic rings. The van der Waals surface area contributed by atoms with Gasteiger partial charge in [0.05, 0.1) is 37.3 Å². The topological polar surface area (TPSA) is 139 Å². The highest BCUT2D eigenvalue weighted by molar-refractivity contribution is 7.89. The van der Waals surface area contributed by atoms with Gasteiger partial charge in [-0.1, -0.05) is 23.7 Å². The van der Waals surface area contributed by atoms with Gasteiger partial charge in [0.1, 0.15) is 15.6 Å². The van der Waals surface area contributed by atoms with Crippen LogP contribution in [0.15, 0.2) is 47.6 Å². The van der Waals surface area contributed by atoms with Gasteiger partial charge in [-0.05, 0) is 25.1 Å². The number of rotatable bonds is 9. The SMILES string of the molecule is CCOc1ncc(C(=O)N2CCOCC2)cc1Nc1ncc(Cl)c(Nc2ccccc2S(=O)(=O)N(C)C)n1. The summed E-state index contributed by atoms with van der Waals surface area (Å²) in [6.07, 6.45) is 2.84. The molecule has 0 atom stereocenters. The van der Waals surface area contributed by atoms with E-state index in [0.29, 0.717) is 49.8 Å². The van der Waals surface area contributed by atoms with Crippen molar-refractivity contribution in [2.75, 3.05) is 57.6 Å². The van der Waals surface area contributed by atoms with Gasteiger partial charge in [0.15, 0.2) is 5.82 Å². The number of amides is 1. The molecule has 38 heavy (non-hydrogen) atoms. The Labute approximate surface area is 226 Å². The molecule has 202 valence electrons. The van der Waals surface area contributed by atoms with Gasteiger partial charge >= 0.3 is 0 Å². The van der Waals surface area contributed by atoms with Crippen molar-refractivity contribution in [2.24, 2.45) is 0 Å². The van der Waals surface area contributed by atoms with E-state index in [1.165, 1.54) is 32.6 Å². The van der Waals surface area contributed by atoms with Crippen LogP contribution < -0.4 is 15.4 Å². The quantitative estimate of drug-likeness (QED) is 0.400. The Kier molecular flexibility index (Phi) is 8.62. The average Bonchev–Trinajstić information content (AvgIpc) is 2.92. The number of nitrogens with zero attached hydrogens (tertiary/aromatic N) is 5. The zero-order chi connectivity index (χ0) is 27.3. The van der Waals surface area contributed by atoms with Crippen LogP contribution in [-0.4, -0.2) is 85.5 Å². The predicted molar refractivity (Wildman–Crippen MR) is 143 cm³/mol. The highest BCUT2D eigenvalue weighted by atomic mass is 35.5. The molecular formula is C24H28ClN7O5S. The van der Waals surface area contributed by atoms with Crippen molar-refractivity contribution in [3.8, 4) is 5.88 Å². The second-order valence-corrected chi connectivity index (χ2v) is 10.9. The first-order chi connectivity index (χ1) is 18.2. The van der Waals surface area contributed by atoms with Crippen LogP contribution in [0.5, 0.6) is 5.88 Å². The number of hydrogen-bond acceptors (Lipinski definition) is 10. The van der Waals surface area contributed by atoms with E-state index in [2.05, 4.69) is 25.6 Å². The molecule has 0 unspecified atom stereocenters.